The molecule has 1 heterocycles. The summed E-state index contributed by atoms with van der Waals surface area (Å²) in [6, 6.07) is 5.88. The highest BCUT2D eigenvalue weighted by Crippen LogP contribution is 2.14. The normalized spacial score (nSPS) is 11.3. The van der Waals surface area contributed by atoms with Crippen molar-refractivity contribution in [3.63, 3.8) is 0 Å². The zero-order chi connectivity index (χ0) is 14.8. The summed E-state index contributed by atoms with van der Waals surface area (Å²) in [7, 11) is -3.76. The quantitative estimate of drug-likeness (QED) is 0.883. The van der Waals surface area contributed by atoms with E-state index >= 15 is 0 Å². The largest absolute Gasteiger partial charge is 0.472 e. The fourth-order valence-electron chi connectivity index (χ4n) is 1.74. The van der Waals surface area contributed by atoms with Gasteiger partial charge in [-0.3, -0.25) is 4.79 Å². The molecule has 0 unspecified atom stereocenters. The maximum absolute atomic E-state index is 12.0. The molecule has 0 saturated carbocycles. The highest BCUT2D eigenvalue weighted by molar-refractivity contribution is 7.89. The van der Waals surface area contributed by atoms with Crippen molar-refractivity contribution in [3.05, 3.63) is 53.5 Å². The van der Waals surface area contributed by atoms with Gasteiger partial charge < -0.3 is 9.73 Å². The van der Waals surface area contributed by atoms with Gasteiger partial charge in [-0.25, -0.2) is 13.6 Å². The maximum Gasteiger partial charge on any atom is 0.251 e. The average Bonchev–Trinajstić information content (AvgIpc) is 2.87. The van der Waals surface area contributed by atoms with Crippen LogP contribution in [0.5, 0.6) is 0 Å². The van der Waals surface area contributed by atoms with E-state index in [9.17, 15) is 13.2 Å². The van der Waals surface area contributed by atoms with Gasteiger partial charge >= 0.3 is 0 Å². The Hall–Kier alpha value is -2.12. The first kappa shape index (κ1) is 14.3. The molecule has 6 nitrogen and oxygen atoms in total. The lowest BCUT2D eigenvalue weighted by molar-refractivity contribution is 0.0950. The van der Waals surface area contributed by atoms with Gasteiger partial charge in [-0.15, -0.1) is 0 Å². The Kier molecular flexibility index (Phi) is 3.91. The van der Waals surface area contributed by atoms with Gasteiger partial charge in [0.05, 0.1) is 17.4 Å². The SMILES string of the molecule is Cc1cc(S(N)(=O)=O)ccc1C(=O)NCc1ccoc1. The predicted molar refractivity (Wildman–Crippen MR) is 72.4 cm³/mol. The number of hydrogen-bond acceptors (Lipinski definition) is 4. The molecule has 0 aliphatic heterocycles. The van der Waals surface area contributed by atoms with Crippen LogP contribution in [0.2, 0.25) is 0 Å². The molecule has 20 heavy (non-hydrogen) atoms. The summed E-state index contributed by atoms with van der Waals surface area (Å²) in [5.74, 6) is -0.287. The number of benzene rings is 1. The number of primary sulfonamides is 1. The van der Waals surface area contributed by atoms with Gasteiger partial charge in [0.25, 0.3) is 5.91 Å². The number of amides is 1. The minimum Gasteiger partial charge on any atom is -0.472 e. The molecule has 106 valence electrons. The van der Waals surface area contributed by atoms with Crippen LogP contribution in [0.1, 0.15) is 21.5 Å². The summed E-state index contributed by atoms with van der Waals surface area (Å²) in [6.45, 7) is 1.99. The van der Waals surface area contributed by atoms with Gasteiger partial charge in [-0.1, -0.05) is 0 Å². The Labute approximate surface area is 116 Å². The van der Waals surface area contributed by atoms with E-state index < -0.39 is 10.0 Å². The van der Waals surface area contributed by atoms with Crippen molar-refractivity contribution in [2.24, 2.45) is 5.14 Å². The van der Waals surface area contributed by atoms with Gasteiger partial charge in [0.1, 0.15) is 0 Å². The lowest BCUT2D eigenvalue weighted by Crippen LogP contribution is -2.23. The smallest absolute Gasteiger partial charge is 0.251 e. The molecule has 2 aromatic rings. The lowest BCUT2D eigenvalue weighted by Gasteiger charge is -2.08. The van der Waals surface area contributed by atoms with Crippen LogP contribution in [0.3, 0.4) is 0 Å². The molecule has 1 aromatic carbocycles. The van der Waals surface area contributed by atoms with Crippen LogP contribution in [0.15, 0.2) is 46.1 Å². The molecule has 0 bridgehead atoms. The van der Waals surface area contributed by atoms with Gasteiger partial charge in [0, 0.05) is 17.7 Å². The van der Waals surface area contributed by atoms with E-state index in [0.29, 0.717) is 17.7 Å². The molecule has 3 N–H and O–H groups in total. The number of sulfonamides is 1. The van der Waals surface area contributed by atoms with E-state index in [0.717, 1.165) is 5.56 Å². The first-order chi connectivity index (χ1) is 9.38. The summed E-state index contributed by atoms with van der Waals surface area (Å²) in [5.41, 5.74) is 1.79. The molecule has 7 heteroatoms. The lowest BCUT2D eigenvalue weighted by atomic mass is 10.1. The van der Waals surface area contributed by atoms with Crippen molar-refractivity contribution in [3.8, 4) is 0 Å². The van der Waals surface area contributed by atoms with Crippen molar-refractivity contribution in [1.82, 2.24) is 5.32 Å². The number of carbonyl (C=O) groups is 1. The standard InChI is InChI=1S/C13H14N2O4S/c1-9-6-11(20(14,17)18)2-3-12(9)13(16)15-7-10-4-5-19-8-10/h2-6,8H,7H2,1H3,(H,15,16)(H2,14,17,18). The summed E-state index contributed by atoms with van der Waals surface area (Å²) in [4.78, 5) is 12.0. The van der Waals surface area contributed by atoms with Gasteiger partial charge in [0.15, 0.2) is 0 Å². The molecule has 0 spiro atoms. The van der Waals surface area contributed by atoms with Crippen LogP contribution in [-0.2, 0) is 16.6 Å². The van der Waals surface area contributed by atoms with Gasteiger partial charge in [-0.05, 0) is 36.8 Å². The van der Waals surface area contributed by atoms with E-state index in [1.54, 1.807) is 13.0 Å². The van der Waals surface area contributed by atoms with Crippen molar-refractivity contribution < 1.29 is 17.6 Å². The zero-order valence-electron chi connectivity index (χ0n) is 10.8. The Morgan fingerprint density at radius 2 is 2.10 bits per heavy atom. The number of furan rings is 1. The van der Waals surface area contributed by atoms with E-state index in [2.05, 4.69) is 5.32 Å². The van der Waals surface area contributed by atoms with Crippen LogP contribution in [0.25, 0.3) is 0 Å². The molecule has 0 atom stereocenters. The molecule has 0 radical (unpaired) electrons. The molecule has 0 aliphatic carbocycles. The number of nitrogens with two attached hydrogens (primary N) is 1. The topological polar surface area (TPSA) is 102 Å². The summed E-state index contributed by atoms with van der Waals surface area (Å²) >= 11 is 0. The number of aryl methyl sites for hydroxylation is 1. The molecular formula is C13H14N2O4S. The molecular weight excluding hydrogens is 280 g/mol. The average molecular weight is 294 g/mol. The second kappa shape index (κ2) is 5.48. The van der Waals surface area contributed by atoms with Gasteiger partial charge in [0.2, 0.25) is 10.0 Å². The van der Waals surface area contributed by atoms with Crippen molar-refractivity contribution in [1.29, 1.82) is 0 Å². The Morgan fingerprint density at radius 1 is 1.35 bits per heavy atom. The van der Waals surface area contributed by atoms with E-state index in [4.69, 9.17) is 9.56 Å². The highest BCUT2D eigenvalue weighted by Gasteiger charge is 2.13. The number of carbonyl (C=O) groups excluding carboxylic acids is 1. The minimum absolute atomic E-state index is 0.0126. The minimum atomic E-state index is -3.76. The first-order valence-corrected chi connectivity index (χ1v) is 7.35. The van der Waals surface area contributed by atoms with E-state index in [1.165, 1.54) is 30.7 Å². The monoisotopic (exact) mass is 294 g/mol. The third kappa shape index (κ3) is 3.25. The second-order valence-corrected chi connectivity index (χ2v) is 5.90. The molecule has 0 aliphatic rings. The van der Waals surface area contributed by atoms with Crippen molar-refractivity contribution in [2.75, 3.05) is 0 Å². The fourth-order valence-corrected chi connectivity index (χ4v) is 2.34. The van der Waals surface area contributed by atoms with Crippen molar-refractivity contribution in [2.45, 2.75) is 18.4 Å². The number of hydrogen-bond donors (Lipinski definition) is 2. The fraction of sp³-hybridized carbons (Fsp3) is 0.154. The second-order valence-electron chi connectivity index (χ2n) is 4.34. The Bertz CT molecular complexity index is 721. The molecule has 1 aromatic heterocycles. The van der Waals surface area contributed by atoms with Crippen LogP contribution >= 0.6 is 0 Å². The van der Waals surface area contributed by atoms with Crippen LogP contribution in [0, 0.1) is 6.92 Å². The Morgan fingerprint density at radius 3 is 2.65 bits per heavy atom. The summed E-state index contributed by atoms with van der Waals surface area (Å²) in [6.07, 6.45) is 3.06. The molecule has 0 fully saturated rings. The summed E-state index contributed by atoms with van der Waals surface area (Å²) < 4.78 is 27.3. The number of nitrogens with one attached hydrogen (secondary N) is 1. The van der Waals surface area contributed by atoms with Crippen LogP contribution in [-0.4, -0.2) is 14.3 Å². The predicted octanol–water partition coefficient (Wildman–Crippen LogP) is 1.17. The van der Waals surface area contributed by atoms with Crippen LogP contribution < -0.4 is 10.5 Å². The molecule has 2 rings (SSSR count). The third-order valence-electron chi connectivity index (χ3n) is 2.80. The third-order valence-corrected chi connectivity index (χ3v) is 3.72. The van der Waals surface area contributed by atoms with Crippen molar-refractivity contribution >= 4 is 15.9 Å². The zero-order valence-corrected chi connectivity index (χ0v) is 11.6. The first-order valence-electron chi connectivity index (χ1n) is 5.80. The Balaban J connectivity index is 2.14. The van der Waals surface area contributed by atoms with E-state index in [1.807, 2.05) is 0 Å². The molecule has 1 amide bonds. The number of rotatable bonds is 4. The van der Waals surface area contributed by atoms with E-state index in [-0.39, 0.29) is 10.8 Å². The maximum atomic E-state index is 12.0. The van der Waals surface area contributed by atoms with Gasteiger partial charge in [-0.2, -0.15) is 0 Å². The highest BCUT2D eigenvalue weighted by atomic mass is 32.2. The molecule has 0 saturated heterocycles. The van der Waals surface area contributed by atoms with Crippen LogP contribution in [0.4, 0.5) is 0 Å². The summed E-state index contributed by atoms with van der Waals surface area (Å²) in [5, 5.41) is 7.76.